The van der Waals surface area contributed by atoms with E-state index in [0.717, 1.165) is 41.4 Å². The van der Waals surface area contributed by atoms with Crippen LogP contribution in [0.4, 0.5) is 5.69 Å². The molecule has 5 rings (SSSR count). The average molecular weight is 465 g/mol. The summed E-state index contributed by atoms with van der Waals surface area (Å²) in [6, 6.07) is 9.18. The maximum atomic E-state index is 12.9. The molecular weight excluding hydrogens is 444 g/mol. The van der Waals surface area contributed by atoms with E-state index in [4.69, 9.17) is 16.6 Å². The number of rotatable bonds is 3. The van der Waals surface area contributed by atoms with Crippen LogP contribution in [0.1, 0.15) is 47.3 Å². The van der Waals surface area contributed by atoms with E-state index in [1.54, 1.807) is 18.5 Å². The molecule has 0 radical (unpaired) electrons. The van der Waals surface area contributed by atoms with E-state index >= 15 is 0 Å². The average Bonchev–Trinajstić information content (AvgIpc) is 3.16. The maximum Gasteiger partial charge on any atom is 0.265 e. The van der Waals surface area contributed by atoms with Crippen LogP contribution in [-0.2, 0) is 0 Å². The number of aliphatic imine (C=N–C) groups is 1. The van der Waals surface area contributed by atoms with Crippen molar-refractivity contribution in [1.82, 2.24) is 25.4 Å². The van der Waals surface area contributed by atoms with Crippen LogP contribution >= 0.6 is 23.4 Å². The number of hydrazine groups is 1. The smallest absolute Gasteiger partial charge is 0.265 e. The summed E-state index contributed by atoms with van der Waals surface area (Å²) in [6.07, 6.45) is 9.47. The quantitative estimate of drug-likeness (QED) is 0.443. The van der Waals surface area contributed by atoms with Crippen molar-refractivity contribution in [2.24, 2.45) is 4.99 Å². The Labute approximate surface area is 195 Å². The summed E-state index contributed by atoms with van der Waals surface area (Å²) in [5, 5.41) is 3.36. The van der Waals surface area contributed by atoms with Crippen LogP contribution in [0.25, 0.3) is 0 Å². The van der Waals surface area contributed by atoms with Gasteiger partial charge in [0, 0.05) is 35.9 Å². The van der Waals surface area contributed by atoms with Crippen molar-refractivity contribution in [1.29, 1.82) is 0 Å². The number of benzene rings is 1. The number of aromatic nitrogens is 3. The van der Waals surface area contributed by atoms with E-state index in [1.165, 1.54) is 30.9 Å². The van der Waals surface area contributed by atoms with Crippen molar-refractivity contribution < 1.29 is 4.79 Å². The van der Waals surface area contributed by atoms with Crippen LogP contribution in [0.15, 0.2) is 64.0 Å². The van der Waals surface area contributed by atoms with Crippen molar-refractivity contribution >= 4 is 40.7 Å². The van der Waals surface area contributed by atoms with Gasteiger partial charge in [-0.15, -0.1) is 0 Å². The molecule has 32 heavy (non-hydrogen) atoms. The SMILES string of the molecule is O=C(NN1CCCCCC1)c1ccc2c(c1)N=C(c1ccc(Cl)cn1)c1cncnc1S2. The lowest BCUT2D eigenvalue weighted by Crippen LogP contribution is -2.42. The first-order chi connectivity index (χ1) is 15.7. The number of nitrogens with one attached hydrogen (secondary N) is 1. The summed E-state index contributed by atoms with van der Waals surface area (Å²) in [6.45, 7) is 1.76. The van der Waals surface area contributed by atoms with Gasteiger partial charge in [0.1, 0.15) is 17.1 Å². The van der Waals surface area contributed by atoms with E-state index in [0.29, 0.717) is 27.7 Å². The third kappa shape index (κ3) is 4.53. The lowest BCUT2D eigenvalue weighted by molar-refractivity contribution is 0.0794. The molecule has 2 aromatic heterocycles. The first kappa shape index (κ1) is 21.1. The summed E-state index contributed by atoms with van der Waals surface area (Å²) in [4.78, 5) is 31.8. The van der Waals surface area contributed by atoms with Crippen LogP contribution in [0.5, 0.6) is 0 Å². The Kier molecular flexibility index (Phi) is 6.16. The molecule has 4 heterocycles. The molecule has 0 spiro atoms. The van der Waals surface area contributed by atoms with Crippen LogP contribution < -0.4 is 5.43 Å². The fourth-order valence-electron chi connectivity index (χ4n) is 3.78. The number of amides is 1. The van der Waals surface area contributed by atoms with Gasteiger partial charge < -0.3 is 0 Å². The Bertz CT molecular complexity index is 1180. The molecule has 0 saturated carbocycles. The molecule has 1 fully saturated rings. The fourth-order valence-corrected chi connectivity index (χ4v) is 4.81. The van der Waals surface area contributed by atoms with E-state index in [9.17, 15) is 4.79 Å². The van der Waals surface area contributed by atoms with Gasteiger partial charge in [0.15, 0.2) is 0 Å². The molecular formula is C23H21ClN6OS. The standard InChI is InChI=1S/C23H21ClN6OS/c24-16-6-7-18(26-12-16)21-17-13-25-14-27-23(17)32-20-8-5-15(11-19(20)28-21)22(31)29-30-9-3-1-2-4-10-30/h5-8,11-14H,1-4,9-10H2,(H,29,31). The van der Waals surface area contributed by atoms with Crippen molar-refractivity contribution in [3.63, 3.8) is 0 Å². The van der Waals surface area contributed by atoms with Crippen LogP contribution in [0.2, 0.25) is 5.02 Å². The highest BCUT2D eigenvalue weighted by atomic mass is 35.5. The minimum Gasteiger partial charge on any atom is -0.285 e. The number of hydrogen-bond donors (Lipinski definition) is 1. The molecule has 0 bridgehead atoms. The zero-order valence-corrected chi connectivity index (χ0v) is 18.9. The second kappa shape index (κ2) is 9.36. The number of halogens is 1. The van der Waals surface area contributed by atoms with E-state index in [1.807, 2.05) is 29.3 Å². The predicted octanol–water partition coefficient (Wildman–Crippen LogP) is 4.68. The summed E-state index contributed by atoms with van der Waals surface area (Å²) in [5.41, 5.74) is 6.42. The molecule has 1 amide bonds. The highest BCUT2D eigenvalue weighted by Gasteiger charge is 2.22. The van der Waals surface area contributed by atoms with Gasteiger partial charge in [-0.1, -0.05) is 36.2 Å². The number of carbonyl (C=O) groups is 1. The van der Waals surface area contributed by atoms with E-state index in [2.05, 4.69) is 20.4 Å². The number of hydrogen-bond acceptors (Lipinski definition) is 7. The molecule has 1 N–H and O–H groups in total. The first-order valence-electron chi connectivity index (χ1n) is 10.6. The zero-order valence-electron chi connectivity index (χ0n) is 17.3. The number of carbonyl (C=O) groups excluding carboxylic acids is 1. The van der Waals surface area contributed by atoms with Crippen molar-refractivity contribution in [2.45, 2.75) is 35.6 Å². The predicted molar refractivity (Wildman–Crippen MR) is 125 cm³/mol. The zero-order chi connectivity index (χ0) is 21.9. The molecule has 9 heteroatoms. The van der Waals surface area contributed by atoms with Gasteiger partial charge in [-0.05, 0) is 43.2 Å². The molecule has 2 aliphatic heterocycles. The van der Waals surface area contributed by atoms with E-state index in [-0.39, 0.29) is 5.91 Å². The Balaban J connectivity index is 1.51. The normalized spacial score (nSPS) is 16.2. The second-order valence-corrected chi connectivity index (χ2v) is 9.16. The Hall–Kier alpha value is -2.81. The highest BCUT2D eigenvalue weighted by molar-refractivity contribution is 7.99. The van der Waals surface area contributed by atoms with Gasteiger partial charge >= 0.3 is 0 Å². The fraction of sp³-hybridized carbons (Fsp3) is 0.261. The van der Waals surface area contributed by atoms with Crippen LogP contribution in [-0.4, -0.2) is 44.7 Å². The van der Waals surface area contributed by atoms with Crippen LogP contribution in [0.3, 0.4) is 0 Å². The lowest BCUT2D eigenvalue weighted by Gasteiger charge is -2.21. The third-order valence-electron chi connectivity index (χ3n) is 5.43. The monoisotopic (exact) mass is 464 g/mol. The van der Waals surface area contributed by atoms with Gasteiger partial charge in [0.25, 0.3) is 5.91 Å². The lowest BCUT2D eigenvalue weighted by atomic mass is 10.1. The minimum atomic E-state index is -0.123. The third-order valence-corrected chi connectivity index (χ3v) is 6.73. The van der Waals surface area contributed by atoms with E-state index < -0.39 is 0 Å². The molecule has 0 unspecified atom stereocenters. The van der Waals surface area contributed by atoms with Gasteiger partial charge in [-0.25, -0.2) is 20.0 Å². The highest BCUT2D eigenvalue weighted by Crippen LogP contribution is 2.40. The number of fused-ring (bicyclic) bond motifs is 2. The van der Waals surface area contributed by atoms with Gasteiger partial charge in [0.2, 0.25) is 0 Å². The summed E-state index contributed by atoms with van der Waals surface area (Å²) in [5.74, 6) is -0.123. The summed E-state index contributed by atoms with van der Waals surface area (Å²) in [7, 11) is 0. The summed E-state index contributed by atoms with van der Waals surface area (Å²) < 4.78 is 0. The molecule has 2 aliphatic rings. The Morgan fingerprint density at radius 2 is 1.88 bits per heavy atom. The number of nitrogens with zero attached hydrogens (tertiary/aromatic N) is 5. The van der Waals surface area contributed by atoms with Crippen LogP contribution in [0, 0.1) is 0 Å². The largest absolute Gasteiger partial charge is 0.285 e. The van der Waals surface area contributed by atoms with Gasteiger partial charge in [0.05, 0.1) is 22.0 Å². The van der Waals surface area contributed by atoms with Crippen molar-refractivity contribution in [3.8, 4) is 0 Å². The molecule has 7 nitrogen and oxygen atoms in total. The molecule has 162 valence electrons. The minimum absolute atomic E-state index is 0.123. The molecule has 3 aromatic rings. The Morgan fingerprint density at radius 3 is 2.66 bits per heavy atom. The summed E-state index contributed by atoms with van der Waals surface area (Å²) >= 11 is 7.53. The molecule has 0 aliphatic carbocycles. The molecule has 1 saturated heterocycles. The molecule has 0 atom stereocenters. The van der Waals surface area contributed by atoms with Crippen molar-refractivity contribution in [3.05, 3.63) is 70.9 Å². The topological polar surface area (TPSA) is 83.4 Å². The Morgan fingerprint density at radius 1 is 1.03 bits per heavy atom. The number of pyridine rings is 1. The maximum absolute atomic E-state index is 12.9. The van der Waals surface area contributed by atoms with Gasteiger partial charge in [-0.3, -0.25) is 15.2 Å². The second-order valence-electron chi connectivity index (χ2n) is 7.69. The molecule has 1 aromatic carbocycles. The first-order valence-corrected chi connectivity index (χ1v) is 11.8. The van der Waals surface area contributed by atoms with Gasteiger partial charge in [-0.2, -0.15) is 0 Å². The van der Waals surface area contributed by atoms with Crippen molar-refractivity contribution in [2.75, 3.05) is 13.1 Å².